The Kier molecular flexibility index (Phi) is 11.7. The Labute approximate surface area is 181 Å². The SMILES string of the molecule is CCCCCCNC(=O)C[C@H](NC(=O)N[C@H](C(C)=O)C(C)O)c1nc([C@@H](N)CO)no1. The number of rotatable bonds is 14. The number of aliphatic hydroxyl groups is 2. The van der Waals surface area contributed by atoms with Crippen molar-refractivity contribution in [2.45, 2.75) is 77.1 Å². The summed E-state index contributed by atoms with van der Waals surface area (Å²) in [6.07, 6.45) is 2.69. The van der Waals surface area contributed by atoms with Crippen molar-refractivity contribution in [3.63, 3.8) is 0 Å². The summed E-state index contributed by atoms with van der Waals surface area (Å²) >= 11 is 0. The van der Waals surface area contributed by atoms with E-state index in [1.54, 1.807) is 0 Å². The fourth-order valence-electron chi connectivity index (χ4n) is 2.76. The van der Waals surface area contributed by atoms with Gasteiger partial charge in [-0.15, -0.1) is 0 Å². The van der Waals surface area contributed by atoms with Crippen LogP contribution in [-0.4, -0.2) is 63.4 Å². The maximum atomic E-state index is 12.4. The van der Waals surface area contributed by atoms with E-state index in [0.29, 0.717) is 6.54 Å². The largest absolute Gasteiger partial charge is 0.394 e. The van der Waals surface area contributed by atoms with Gasteiger partial charge in [-0.05, 0) is 20.3 Å². The van der Waals surface area contributed by atoms with Crippen molar-refractivity contribution in [3.05, 3.63) is 11.7 Å². The molecule has 1 rings (SSSR count). The average Bonchev–Trinajstić information content (AvgIpc) is 3.20. The number of aliphatic hydroxyl groups excluding tert-OH is 2. The fraction of sp³-hybridized carbons (Fsp3) is 0.737. The summed E-state index contributed by atoms with van der Waals surface area (Å²) in [5.74, 6) is -0.825. The first-order chi connectivity index (χ1) is 14.7. The molecule has 0 aliphatic heterocycles. The molecule has 1 heterocycles. The Morgan fingerprint density at radius 3 is 2.48 bits per heavy atom. The van der Waals surface area contributed by atoms with Crippen LogP contribution in [0.5, 0.6) is 0 Å². The lowest BCUT2D eigenvalue weighted by Crippen LogP contribution is -2.51. The Balaban J connectivity index is 2.85. The minimum Gasteiger partial charge on any atom is -0.394 e. The maximum absolute atomic E-state index is 12.4. The molecule has 0 bridgehead atoms. The van der Waals surface area contributed by atoms with Crippen molar-refractivity contribution in [1.82, 2.24) is 26.1 Å². The zero-order valence-corrected chi connectivity index (χ0v) is 18.3. The Morgan fingerprint density at radius 2 is 1.90 bits per heavy atom. The second-order valence-electron chi connectivity index (χ2n) is 7.39. The smallest absolute Gasteiger partial charge is 0.316 e. The molecule has 0 radical (unpaired) electrons. The molecule has 0 aliphatic rings. The minimum absolute atomic E-state index is 0.0234. The summed E-state index contributed by atoms with van der Waals surface area (Å²) in [6.45, 7) is 4.79. The van der Waals surface area contributed by atoms with Gasteiger partial charge in [0.2, 0.25) is 11.8 Å². The number of Topliss-reactive ketones (excluding diaryl/α,β-unsaturated/α-hetero) is 1. The fourth-order valence-corrected chi connectivity index (χ4v) is 2.76. The van der Waals surface area contributed by atoms with Gasteiger partial charge in [-0.1, -0.05) is 31.3 Å². The molecule has 1 aromatic heterocycles. The molecule has 3 amide bonds. The van der Waals surface area contributed by atoms with E-state index < -0.39 is 42.7 Å². The van der Waals surface area contributed by atoms with Crippen molar-refractivity contribution in [2.75, 3.05) is 13.2 Å². The standard InChI is InChI=1S/C19H34N6O6/c1-4-5-6-7-8-21-15(29)9-14(18-24-17(25-31-18)13(20)10-26)22-19(30)23-16(11(2)27)12(3)28/h11,13-14,16,26-27H,4-10,20H2,1-3H3,(H,21,29)(H2,22,23,30)/t11?,13-,14-,16-/m0/s1. The summed E-state index contributed by atoms with van der Waals surface area (Å²) in [5, 5.41) is 30.1. The van der Waals surface area contributed by atoms with E-state index in [0.717, 1.165) is 25.7 Å². The number of hydrogen-bond acceptors (Lipinski definition) is 9. The highest BCUT2D eigenvalue weighted by molar-refractivity contribution is 5.87. The van der Waals surface area contributed by atoms with E-state index in [1.807, 2.05) is 0 Å². The van der Waals surface area contributed by atoms with Crippen LogP contribution < -0.4 is 21.7 Å². The van der Waals surface area contributed by atoms with Crippen LogP contribution in [0.15, 0.2) is 4.52 Å². The van der Waals surface area contributed by atoms with Crippen LogP contribution in [0.4, 0.5) is 4.79 Å². The molecule has 0 fully saturated rings. The first-order valence-electron chi connectivity index (χ1n) is 10.4. The van der Waals surface area contributed by atoms with Crippen LogP contribution >= 0.6 is 0 Å². The highest BCUT2D eigenvalue weighted by atomic mass is 16.5. The number of carbonyl (C=O) groups excluding carboxylic acids is 3. The molecule has 0 aliphatic carbocycles. The number of nitrogens with zero attached hydrogens (tertiary/aromatic N) is 2. The van der Waals surface area contributed by atoms with E-state index in [1.165, 1.54) is 13.8 Å². The molecule has 31 heavy (non-hydrogen) atoms. The summed E-state index contributed by atoms with van der Waals surface area (Å²) < 4.78 is 5.12. The van der Waals surface area contributed by atoms with Gasteiger partial charge in [-0.3, -0.25) is 9.59 Å². The Hall–Kier alpha value is -2.57. The zero-order valence-electron chi connectivity index (χ0n) is 18.3. The topological polar surface area (TPSA) is 193 Å². The van der Waals surface area contributed by atoms with Crippen LogP contribution in [0.3, 0.4) is 0 Å². The number of ketones is 1. The molecule has 0 saturated carbocycles. The summed E-state index contributed by atoms with van der Waals surface area (Å²) in [4.78, 5) is 40.4. The van der Waals surface area contributed by atoms with Gasteiger partial charge in [0.15, 0.2) is 11.6 Å². The first-order valence-corrected chi connectivity index (χ1v) is 10.4. The van der Waals surface area contributed by atoms with E-state index in [-0.39, 0.29) is 24.0 Å². The van der Waals surface area contributed by atoms with Crippen LogP contribution in [0, 0.1) is 0 Å². The van der Waals surface area contributed by atoms with E-state index in [4.69, 9.17) is 15.4 Å². The molecule has 0 aromatic carbocycles. The quantitative estimate of drug-likeness (QED) is 0.212. The second-order valence-corrected chi connectivity index (χ2v) is 7.39. The molecule has 7 N–H and O–H groups in total. The molecule has 0 spiro atoms. The van der Waals surface area contributed by atoms with E-state index in [9.17, 15) is 19.5 Å². The van der Waals surface area contributed by atoms with Gasteiger partial charge in [0.1, 0.15) is 12.1 Å². The van der Waals surface area contributed by atoms with Crippen LogP contribution in [0.25, 0.3) is 0 Å². The number of carbonyl (C=O) groups is 3. The monoisotopic (exact) mass is 442 g/mol. The van der Waals surface area contributed by atoms with Gasteiger partial charge in [0.05, 0.1) is 25.2 Å². The zero-order chi connectivity index (χ0) is 23.4. The number of urea groups is 1. The number of nitrogens with one attached hydrogen (secondary N) is 3. The Bertz CT molecular complexity index is 710. The van der Waals surface area contributed by atoms with Gasteiger partial charge in [-0.25, -0.2) is 4.79 Å². The third kappa shape index (κ3) is 9.40. The average molecular weight is 443 g/mol. The van der Waals surface area contributed by atoms with Gasteiger partial charge in [0.25, 0.3) is 0 Å². The van der Waals surface area contributed by atoms with Gasteiger partial charge < -0.3 is 36.4 Å². The Morgan fingerprint density at radius 1 is 1.19 bits per heavy atom. The van der Waals surface area contributed by atoms with Crippen molar-refractivity contribution >= 4 is 17.7 Å². The second kappa shape index (κ2) is 13.7. The molecular weight excluding hydrogens is 408 g/mol. The first kappa shape index (κ1) is 26.5. The molecule has 1 aromatic rings. The van der Waals surface area contributed by atoms with Crippen molar-refractivity contribution in [2.24, 2.45) is 5.73 Å². The molecular formula is C19H34N6O6. The number of aromatic nitrogens is 2. The molecule has 1 unspecified atom stereocenters. The maximum Gasteiger partial charge on any atom is 0.316 e. The van der Waals surface area contributed by atoms with Gasteiger partial charge >= 0.3 is 6.03 Å². The highest BCUT2D eigenvalue weighted by Gasteiger charge is 2.28. The van der Waals surface area contributed by atoms with Crippen LogP contribution in [0.2, 0.25) is 0 Å². The van der Waals surface area contributed by atoms with Crippen molar-refractivity contribution < 1.29 is 29.1 Å². The number of amides is 3. The van der Waals surface area contributed by atoms with Crippen molar-refractivity contribution in [3.8, 4) is 0 Å². The third-order valence-corrected chi connectivity index (χ3v) is 4.54. The normalized spacial score (nSPS) is 14.9. The molecule has 176 valence electrons. The summed E-state index contributed by atoms with van der Waals surface area (Å²) in [7, 11) is 0. The molecule has 12 nitrogen and oxygen atoms in total. The predicted molar refractivity (Wildman–Crippen MR) is 111 cm³/mol. The van der Waals surface area contributed by atoms with E-state index >= 15 is 0 Å². The number of unbranched alkanes of at least 4 members (excludes halogenated alkanes) is 3. The lowest BCUT2D eigenvalue weighted by molar-refractivity contribution is -0.122. The van der Waals surface area contributed by atoms with Crippen LogP contribution in [-0.2, 0) is 9.59 Å². The number of hydrogen-bond donors (Lipinski definition) is 6. The summed E-state index contributed by atoms with van der Waals surface area (Å²) in [6, 6.07) is -3.80. The lowest BCUT2D eigenvalue weighted by atomic mass is 10.1. The third-order valence-electron chi connectivity index (χ3n) is 4.54. The van der Waals surface area contributed by atoms with E-state index in [2.05, 4.69) is 33.0 Å². The van der Waals surface area contributed by atoms with Crippen LogP contribution in [0.1, 0.15) is 76.7 Å². The lowest BCUT2D eigenvalue weighted by Gasteiger charge is -2.21. The molecule has 4 atom stereocenters. The highest BCUT2D eigenvalue weighted by Crippen LogP contribution is 2.17. The van der Waals surface area contributed by atoms with Gasteiger partial charge in [-0.2, -0.15) is 4.98 Å². The molecule has 0 saturated heterocycles. The summed E-state index contributed by atoms with van der Waals surface area (Å²) in [5.41, 5.74) is 5.67. The van der Waals surface area contributed by atoms with Crippen molar-refractivity contribution in [1.29, 1.82) is 0 Å². The predicted octanol–water partition coefficient (Wildman–Crippen LogP) is -0.173. The molecule has 12 heteroatoms. The van der Waals surface area contributed by atoms with Gasteiger partial charge in [0, 0.05) is 6.54 Å². The minimum atomic E-state index is -1.12. The number of nitrogens with two attached hydrogens (primary N) is 1.